The van der Waals surface area contributed by atoms with E-state index >= 15 is 0 Å². The van der Waals surface area contributed by atoms with Gasteiger partial charge in [0.2, 0.25) is 11.8 Å². The molecular formula is C30H33N3O4. The largest absolute Gasteiger partial charge is 0.389 e. The van der Waals surface area contributed by atoms with Crippen LogP contribution in [0.1, 0.15) is 47.2 Å². The van der Waals surface area contributed by atoms with Crippen molar-refractivity contribution in [3.8, 4) is 0 Å². The van der Waals surface area contributed by atoms with Crippen molar-refractivity contribution >= 4 is 29.0 Å². The molecular weight excluding hydrogens is 466 g/mol. The number of aliphatic hydroxyl groups is 1. The van der Waals surface area contributed by atoms with Crippen molar-refractivity contribution in [3.63, 3.8) is 0 Å². The number of Topliss-reactive ketones (excluding diaryl/α,β-unsaturated/α-hetero) is 1. The molecule has 1 aromatic heterocycles. The Morgan fingerprint density at radius 3 is 1.97 bits per heavy atom. The SMILES string of the molecule is Cc1ccc(NC(=O)[C@@H]2C(=O)C[C@](C)(O)[C@H](C(=O)Nc3ccc(C)cc3C)[C@@H]2c2ccccn2)c(C)c1. The zero-order valence-corrected chi connectivity index (χ0v) is 21.8. The van der Waals surface area contributed by atoms with E-state index in [1.54, 1.807) is 30.5 Å². The highest BCUT2D eigenvalue weighted by Crippen LogP contribution is 2.46. The van der Waals surface area contributed by atoms with E-state index in [1.165, 1.54) is 6.92 Å². The van der Waals surface area contributed by atoms with E-state index in [4.69, 9.17) is 0 Å². The van der Waals surface area contributed by atoms with Crippen LogP contribution in [-0.2, 0) is 14.4 Å². The van der Waals surface area contributed by atoms with Gasteiger partial charge in [-0.15, -0.1) is 0 Å². The number of aromatic nitrogens is 1. The molecule has 37 heavy (non-hydrogen) atoms. The van der Waals surface area contributed by atoms with Gasteiger partial charge in [-0.25, -0.2) is 0 Å². The number of hydrogen-bond acceptors (Lipinski definition) is 5. The summed E-state index contributed by atoms with van der Waals surface area (Å²) in [6, 6.07) is 16.4. The van der Waals surface area contributed by atoms with Crippen LogP contribution in [0.25, 0.3) is 0 Å². The molecule has 0 bridgehead atoms. The highest BCUT2D eigenvalue weighted by molar-refractivity contribution is 6.10. The summed E-state index contributed by atoms with van der Waals surface area (Å²) in [5.41, 5.74) is 3.77. The third-order valence-corrected chi connectivity index (χ3v) is 7.14. The minimum absolute atomic E-state index is 0.327. The maximum absolute atomic E-state index is 13.8. The van der Waals surface area contributed by atoms with E-state index < -0.39 is 41.0 Å². The number of carbonyl (C=O) groups excluding carboxylic acids is 3. The van der Waals surface area contributed by atoms with Gasteiger partial charge < -0.3 is 15.7 Å². The molecule has 0 unspecified atom stereocenters. The molecule has 7 heteroatoms. The van der Waals surface area contributed by atoms with Crippen LogP contribution in [0.2, 0.25) is 0 Å². The normalized spacial score (nSPS) is 23.4. The number of anilines is 2. The number of carbonyl (C=O) groups is 3. The van der Waals surface area contributed by atoms with Gasteiger partial charge in [0.15, 0.2) is 0 Å². The van der Waals surface area contributed by atoms with Gasteiger partial charge in [-0.3, -0.25) is 19.4 Å². The Morgan fingerprint density at radius 2 is 1.46 bits per heavy atom. The van der Waals surface area contributed by atoms with Crippen LogP contribution >= 0.6 is 0 Å². The number of nitrogens with zero attached hydrogens (tertiary/aromatic N) is 1. The monoisotopic (exact) mass is 499 g/mol. The van der Waals surface area contributed by atoms with E-state index in [0.717, 1.165) is 22.3 Å². The molecule has 0 aliphatic heterocycles. The Kier molecular flexibility index (Phi) is 7.28. The lowest BCUT2D eigenvalue weighted by Crippen LogP contribution is -2.56. The molecule has 0 spiro atoms. The Balaban J connectivity index is 1.75. The Morgan fingerprint density at radius 1 is 0.892 bits per heavy atom. The first-order valence-electron chi connectivity index (χ1n) is 12.4. The third-order valence-electron chi connectivity index (χ3n) is 7.14. The van der Waals surface area contributed by atoms with Crippen molar-refractivity contribution in [1.29, 1.82) is 0 Å². The fourth-order valence-electron chi connectivity index (χ4n) is 5.35. The summed E-state index contributed by atoms with van der Waals surface area (Å²) in [6.07, 6.45) is 1.23. The average Bonchev–Trinajstić information content (AvgIpc) is 2.82. The van der Waals surface area contributed by atoms with Crippen LogP contribution in [0.5, 0.6) is 0 Å². The molecule has 1 heterocycles. The predicted molar refractivity (Wildman–Crippen MR) is 143 cm³/mol. The number of benzene rings is 2. The van der Waals surface area contributed by atoms with Crippen molar-refractivity contribution in [2.75, 3.05) is 10.6 Å². The van der Waals surface area contributed by atoms with Crippen LogP contribution in [-0.4, -0.2) is 33.3 Å². The first-order valence-corrected chi connectivity index (χ1v) is 12.4. The van der Waals surface area contributed by atoms with Gasteiger partial charge in [-0.2, -0.15) is 0 Å². The predicted octanol–water partition coefficient (Wildman–Crippen LogP) is 4.63. The van der Waals surface area contributed by atoms with Gasteiger partial charge in [-0.1, -0.05) is 41.5 Å². The molecule has 2 amide bonds. The van der Waals surface area contributed by atoms with Gasteiger partial charge >= 0.3 is 0 Å². The fraction of sp³-hybridized carbons (Fsp3) is 0.333. The van der Waals surface area contributed by atoms with Crippen molar-refractivity contribution in [2.24, 2.45) is 11.8 Å². The second kappa shape index (κ2) is 10.3. The zero-order chi connectivity index (χ0) is 26.9. The first-order chi connectivity index (χ1) is 17.5. The van der Waals surface area contributed by atoms with Crippen LogP contribution in [0.4, 0.5) is 11.4 Å². The summed E-state index contributed by atoms with van der Waals surface area (Å²) in [5.74, 6) is -4.69. The lowest BCUT2D eigenvalue weighted by molar-refractivity contribution is -0.151. The molecule has 1 saturated carbocycles. The summed E-state index contributed by atoms with van der Waals surface area (Å²) in [5, 5.41) is 17.2. The van der Waals surface area contributed by atoms with Crippen LogP contribution in [0.3, 0.4) is 0 Å². The van der Waals surface area contributed by atoms with E-state index in [-0.39, 0.29) is 6.42 Å². The average molecular weight is 500 g/mol. The molecule has 4 atom stereocenters. The van der Waals surface area contributed by atoms with Crippen LogP contribution < -0.4 is 10.6 Å². The second-order valence-corrected chi connectivity index (χ2v) is 10.4. The molecule has 3 aromatic rings. The van der Waals surface area contributed by atoms with Gasteiger partial charge in [0.05, 0.1) is 11.5 Å². The standard InChI is InChI=1S/C30H33N3O4/c1-17-9-11-21(19(3)14-17)32-28(35)26-24(34)16-30(5,37)27(25(26)23-8-6-7-13-31-23)29(36)33-22-12-10-18(2)15-20(22)4/h6-15,25-27,37H,16H2,1-5H3,(H,32,35)(H,33,36)/t25-,26-,27+,30+/m1/s1. The minimum Gasteiger partial charge on any atom is -0.389 e. The van der Waals surface area contributed by atoms with E-state index in [0.29, 0.717) is 17.1 Å². The molecule has 192 valence electrons. The number of aryl methyl sites for hydroxylation is 4. The van der Waals surface area contributed by atoms with E-state index in [1.807, 2.05) is 58.0 Å². The Hall–Kier alpha value is -3.84. The highest BCUT2D eigenvalue weighted by atomic mass is 16.3. The van der Waals surface area contributed by atoms with E-state index in [9.17, 15) is 19.5 Å². The summed E-state index contributed by atoms with van der Waals surface area (Å²) in [7, 11) is 0. The highest BCUT2D eigenvalue weighted by Gasteiger charge is 2.56. The quantitative estimate of drug-likeness (QED) is 0.444. The number of amides is 2. The lowest BCUT2D eigenvalue weighted by Gasteiger charge is -2.44. The molecule has 0 radical (unpaired) electrons. The van der Waals surface area contributed by atoms with Gasteiger partial charge in [0.25, 0.3) is 0 Å². The zero-order valence-electron chi connectivity index (χ0n) is 21.8. The minimum atomic E-state index is -1.68. The summed E-state index contributed by atoms with van der Waals surface area (Å²) in [6.45, 7) is 9.17. The smallest absolute Gasteiger partial charge is 0.235 e. The van der Waals surface area contributed by atoms with Crippen molar-refractivity contribution in [3.05, 3.63) is 88.7 Å². The van der Waals surface area contributed by atoms with Gasteiger partial charge in [-0.05, 0) is 70.0 Å². The molecule has 2 aromatic carbocycles. The van der Waals surface area contributed by atoms with E-state index in [2.05, 4.69) is 15.6 Å². The molecule has 1 fully saturated rings. The molecule has 7 nitrogen and oxygen atoms in total. The number of hydrogen-bond donors (Lipinski definition) is 3. The fourth-order valence-corrected chi connectivity index (χ4v) is 5.35. The van der Waals surface area contributed by atoms with Crippen molar-refractivity contribution in [2.45, 2.75) is 52.6 Å². The number of nitrogens with one attached hydrogen (secondary N) is 2. The van der Waals surface area contributed by atoms with Gasteiger partial charge in [0.1, 0.15) is 11.7 Å². The topological polar surface area (TPSA) is 108 Å². The molecule has 3 N–H and O–H groups in total. The summed E-state index contributed by atoms with van der Waals surface area (Å²) < 4.78 is 0. The Bertz CT molecular complexity index is 1350. The molecule has 1 aliphatic rings. The molecule has 4 rings (SSSR count). The maximum atomic E-state index is 13.8. The lowest BCUT2D eigenvalue weighted by atomic mass is 9.62. The van der Waals surface area contributed by atoms with Crippen LogP contribution in [0.15, 0.2) is 60.8 Å². The van der Waals surface area contributed by atoms with Crippen molar-refractivity contribution < 1.29 is 19.5 Å². The van der Waals surface area contributed by atoms with Crippen molar-refractivity contribution in [1.82, 2.24) is 4.98 Å². The third kappa shape index (κ3) is 5.47. The Labute approximate surface area is 217 Å². The summed E-state index contributed by atoms with van der Waals surface area (Å²) >= 11 is 0. The first kappa shape index (κ1) is 26.2. The van der Waals surface area contributed by atoms with Gasteiger partial charge in [0, 0.05) is 35.6 Å². The summed E-state index contributed by atoms with van der Waals surface area (Å²) in [4.78, 5) is 45.3. The van der Waals surface area contributed by atoms with Crippen LogP contribution in [0, 0.1) is 39.5 Å². The molecule has 1 aliphatic carbocycles. The molecule has 0 saturated heterocycles. The number of pyridine rings is 1. The second-order valence-electron chi connectivity index (χ2n) is 10.4. The number of rotatable bonds is 5. The number of ketones is 1. The maximum Gasteiger partial charge on any atom is 0.235 e.